The van der Waals surface area contributed by atoms with E-state index in [0.717, 1.165) is 54.9 Å². The number of phenols is 1. The molecule has 4 unspecified atom stereocenters. The third-order valence-corrected chi connectivity index (χ3v) is 22.6. The topological polar surface area (TPSA) is 286 Å². The summed E-state index contributed by atoms with van der Waals surface area (Å²) in [6.45, 7) is 12.0. The maximum absolute atomic E-state index is 13.4. The van der Waals surface area contributed by atoms with E-state index in [2.05, 4.69) is 38.2 Å². The Kier molecular flexibility index (Phi) is 20.5. The molecule has 3 aliphatic heterocycles. The van der Waals surface area contributed by atoms with Crippen LogP contribution in [0.15, 0.2) is 160 Å². The fourth-order valence-electron chi connectivity index (χ4n) is 11.5. The van der Waals surface area contributed by atoms with Crippen LogP contribution in [0.4, 0.5) is 0 Å². The molecule has 0 aromatic heterocycles. The molecule has 18 nitrogen and oxygen atoms in total. The van der Waals surface area contributed by atoms with Gasteiger partial charge in [-0.05, 0) is 96.2 Å². The van der Waals surface area contributed by atoms with Crippen LogP contribution in [-0.4, -0.2) is 90.2 Å². The molecule has 23 heteroatoms. The molecule has 0 saturated heterocycles. The predicted molar refractivity (Wildman–Crippen MR) is 320 cm³/mol. The van der Waals surface area contributed by atoms with E-state index in [0.29, 0.717) is 42.4 Å². The molecule has 0 spiro atoms. The van der Waals surface area contributed by atoms with Crippen LogP contribution >= 0.6 is 0 Å². The van der Waals surface area contributed by atoms with Crippen molar-refractivity contribution < 1.29 is 64.7 Å². The van der Waals surface area contributed by atoms with Crippen molar-refractivity contribution in [3.05, 3.63) is 179 Å². The van der Waals surface area contributed by atoms with Gasteiger partial charge in [0.25, 0.3) is 0 Å². The Labute approximate surface area is 490 Å². The number of benzene rings is 6. The molecule has 0 fully saturated rings. The van der Waals surface area contributed by atoms with Crippen LogP contribution in [-0.2, 0) is 50.3 Å². The van der Waals surface area contributed by atoms with Gasteiger partial charge in [0, 0.05) is 28.7 Å². The first-order chi connectivity index (χ1) is 39.1. The van der Waals surface area contributed by atoms with E-state index in [9.17, 15) is 47.2 Å². The van der Waals surface area contributed by atoms with Gasteiger partial charge in [-0.1, -0.05) is 170 Å². The average molecular weight is 1240 g/mol. The van der Waals surface area contributed by atoms with Gasteiger partial charge in [0.2, 0.25) is 0 Å². The largest absolute Gasteiger partial charge is 0.508 e. The highest BCUT2D eigenvalue weighted by atomic mass is 32.3. The molecule has 450 valence electrons. The summed E-state index contributed by atoms with van der Waals surface area (Å²) in [5.74, 6) is -0.708. The van der Waals surface area contributed by atoms with Crippen LogP contribution < -0.4 is 24.3 Å². The Bertz CT molecular complexity index is 3800. The first kappa shape index (κ1) is 64.8. The average Bonchev–Trinajstić information content (AvgIpc) is 2.31. The van der Waals surface area contributed by atoms with Crippen molar-refractivity contribution in [2.45, 2.75) is 149 Å². The molecule has 0 aliphatic carbocycles. The highest BCUT2D eigenvalue weighted by molar-refractivity contribution is 7.92. The van der Waals surface area contributed by atoms with Crippen LogP contribution in [0.3, 0.4) is 0 Å². The highest BCUT2D eigenvalue weighted by Crippen LogP contribution is 2.43. The van der Waals surface area contributed by atoms with Crippen LogP contribution in [0, 0.1) is 0 Å². The number of nitrogens with one attached hydrogen (secondary N) is 3. The highest BCUT2D eigenvalue weighted by Gasteiger charge is 2.45. The summed E-state index contributed by atoms with van der Waals surface area (Å²) in [4.78, 5) is 0.246. The summed E-state index contributed by atoms with van der Waals surface area (Å²) in [7, 11) is -20.5. The summed E-state index contributed by atoms with van der Waals surface area (Å²) in [6, 6.07) is 40.7. The maximum Gasteiger partial charge on any atom is 0.446 e. The van der Waals surface area contributed by atoms with Crippen LogP contribution in [0.5, 0.6) is 17.2 Å². The van der Waals surface area contributed by atoms with Crippen molar-refractivity contribution in [1.82, 2.24) is 16.0 Å². The number of aromatic hydroxyl groups is 1. The molecule has 6 N–H and O–H groups in total. The molecule has 6 aromatic rings. The first-order valence-corrected chi connectivity index (χ1v) is 35.4. The maximum atomic E-state index is 13.4. The third-order valence-electron chi connectivity index (χ3n) is 15.9. The van der Waals surface area contributed by atoms with Gasteiger partial charge in [-0.3, -0.25) is 25.1 Å². The van der Waals surface area contributed by atoms with Crippen LogP contribution in [0.2, 0.25) is 0 Å². The summed E-state index contributed by atoms with van der Waals surface area (Å²) < 4.78 is 151. The second-order valence-electron chi connectivity index (χ2n) is 21.5. The van der Waals surface area contributed by atoms with Gasteiger partial charge in [-0.25, -0.2) is 25.3 Å². The van der Waals surface area contributed by atoms with Crippen molar-refractivity contribution in [1.29, 1.82) is 0 Å². The Morgan fingerprint density at radius 1 is 0.446 bits per heavy atom. The fourth-order valence-corrected chi connectivity index (χ4v) is 18.7. The Balaban J connectivity index is 0.000000180. The number of rotatable bonds is 16. The van der Waals surface area contributed by atoms with Crippen molar-refractivity contribution in [2.24, 2.45) is 0 Å². The van der Waals surface area contributed by atoms with E-state index < -0.39 is 79.0 Å². The smallest absolute Gasteiger partial charge is 0.446 e. The molecule has 3 heterocycles. The van der Waals surface area contributed by atoms with E-state index in [1.165, 1.54) is 30.3 Å². The first-order valence-electron chi connectivity index (χ1n) is 27.7. The SMILES string of the molecule is CCC1(CC)CS(=O)(=O)c2cc(OS(=O)(=O)O)ccc2C(c2ccccc2)N1.CCCC1(CC)CS(=O)(=O)c2cc(O)ccc2C(c2ccccc2)N1.CCCC[C@]1(CC)CS(=O)(=O)c2cc(OS(=O)(=O)O)ccc2C(c2ccccc2)N1. The lowest BCUT2D eigenvalue weighted by atomic mass is 9.88. The predicted octanol–water partition coefficient (Wildman–Crippen LogP) is 10.4. The van der Waals surface area contributed by atoms with E-state index in [-0.39, 0.29) is 55.2 Å². The minimum absolute atomic E-state index is 0.00113. The van der Waals surface area contributed by atoms with Gasteiger partial charge in [-0.2, -0.15) is 16.8 Å². The van der Waals surface area contributed by atoms with E-state index in [1.54, 1.807) is 18.2 Å². The van der Waals surface area contributed by atoms with Gasteiger partial charge >= 0.3 is 20.8 Å². The molecule has 3 aliphatic rings. The summed E-state index contributed by atoms with van der Waals surface area (Å²) in [5, 5.41) is 20.7. The lowest BCUT2D eigenvalue weighted by Gasteiger charge is -2.35. The molecule has 83 heavy (non-hydrogen) atoms. The molecular formula is C60H75N3O15S5. The number of hydrogen-bond acceptors (Lipinski definition) is 16. The summed E-state index contributed by atoms with van der Waals surface area (Å²) >= 11 is 0. The van der Waals surface area contributed by atoms with Gasteiger partial charge in [-0.15, -0.1) is 0 Å². The fraction of sp³-hybridized carbons (Fsp3) is 0.400. The quantitative estimate of drug-likeness (QED) is 0.0491. The number of fused-ring (bicyclic) bond motifs is 3. The Morgan fingerprint density at radius 2 is 0.771 bits per heavy atom. The second kappa shape index (κ2) is 26.3. The van der Waals surface area contributed by atoms with Gasteiger partial charge < -0.3 is 13.5 Å². The summed E-state index contributed by atoms with van der Waals surface area (Å²) in [5.41, 5.74) is 2.83. The second-order valence-corrected chi connectivity index (χ2v) is 29.4. The lowest BCUT2D eigenvalue weighted by Crippen LogP contribution is -2.50. The molecule has 5 atom stereocenters. The van der Waals surface area contributed by atoms with Crippen molar-refractivity contribution in [3.63, 3.8) is 0 Å². The lowest BCUT2D eigenvalue weighted by molar-refractivity contribution is 0.295. The van der Waals surface area contributed by atoms with E-state index in [1.807, 2.05) is 119 Å². The van der Waals surface area contributed by atoms with Crippen LogP contribution in [0.25, 0.3) is 0 Å². The summed E-state index contributed by atoms with van der Waals surface area (Å²) in [6.07, 6.45) is 6.77. The molecule has 0 amide bonds. The minimum Gasteiger partial charge on any atom is -0.508 e. The van der Waals surface area contributed by atoms with E-state index >= 15 is 0 Å². The molecule has 9 rings (SSSR count). The minimum atomic E-state index is -4.77. The molecule has 0 bridgehead atoms. The van der Waals surface area contributed by atoms with Gasteiger partial charge in [0.05, 0.1) is 50.1 Å². The third kappa shape index (κ3) is 15.8. The zero-order chi connectivity index (χ0) is 60.7. The number of unbranched alkanes of at least 4 members (excludes halogenated alkanes) is 1. The number of hydrogen-bond donors (Lipinski definition) is 6. The Morgan fingerprint density at radius 3 is 1.11 bits per heavy atom. The zero-order valence-corrected chi connectivity index (χ0v) is 51.4. The van der Waals surface area contributed by atoms with Crippen molar-refractivity contribution >= 4 is 50.3 Å². The van der Waals surface area contributed by atoms with E-state index in [4.69, 9.17) is 9.11 Å². The van der Waals surface area contributed by atoms with Gasteiger partial charge in [0.15, 0.2) is 29.5 Å². The van der Waals surface area contributed by atoms with Crippen LogP contribution in [0.1, 0.15) is 151 Å². The standard InChI is InChI=1S/C21H27NO6S2.C20H25NO3S.C19H23NO6S2/c1-3-5-13-21(4-2)15-29(23,24)19-14-17(28-30(25,26)27)11-12-18(19)20(22-21)16-9-7-6-8-10-16;1-3-12-20(4-2)14-25(23,24)18-13-16(22)10-11-17(18)19(21-20)15-8-6-5-7-9-15;1-3-19(4-2)13-27(21,22)17-12-15(26-28(23,24)25)10-11-16(17)18(20-19)14-8-6-5-7-9-14/h6-12,14,20,22H,3-5,13,15H2,1-2H3,(H,25,26,27);5-11,13,19,21-22H,3-4,12,14H2,1-2H3;5-12,18,20H,3-4,13H2,1-2H3,(H,23,24,25)/t20?,21-;;/m1../s1. The molecular weight excluding hydrogens is 1160 g/mol. The molecule has 6 aromatic carbocycles. The van der Waals surface area contributed by atoms with Gasteiger partial charge in [0.1, 0.15) is 17.2 Å². The molecule has 0 saturated carbocycles. The van der Waals surface area contributed by atoms with Crippen molar-refractivity contribution in [3.8, 4) is 17.2 Å². The number of phenolic OH excluding ortho intramolecular Hbond substituents is 1. The molecule has 0 radical (unpaired) electrons. The van der Waals surface area contributed by atoms with Crippen molar-refractivity contribution in [2.75, 3.05) is 17.3 Å². The Hall–Kier alpha value is -5.73. The normalized spacial score (nSPS) is 23.0. The number of sulfone groups is 3. The zero-order valence-electron chi connectivity index (χ0n) is 47.4. The monoisotopic (exact) mass is 1240 g/mol.